The van der Waals surface area contributed by atoms with Crippen LogP contribution in [0.4, 0.5) is 0 Å². The van der Waals surface area contributed by atoms with Crippen LogP contribution in [0.15, 0.2) is 18.3 Å². The summed E-state index contributed by atoms with van der Waals surface area (Å²) in [5, 5.41) is 0.854. The van der Waals surface area contributed by atoms with Crippen LogP contribution in [0.1, 0.15) is 16.6 Å². The van der Waals surface area contributed by atoms with Gasteiger partial charge in [-0.2, -0.15) is 0 Å². The molecule has 0 atom stereocenters. The molecule has 0 bridgehead atoms. The average Bonchev–Trinajstić information content (AvgIpc) is 2.70. The summed E-state index contributed by atoms with van der Waals surface area (Å²) >= 11 is 8.67. The summed E-state index contributed by atoms with van der Waals surface area (Å²) in [6.07, 6.45) is 1.61. The van der Waals surface area contributed by atoms with Crippen molar-refractivity contribution >= 4 is 40.1 Å². The molecule has 2 rings (SSSR count). The second kappa shape index (κ2) is 3.81. The van der Waals surface area contributed by atoms with Gasteiger partial charge in [0.1, 0.15) is 5.01 Å². The summed E-state index contributed by atoms with van der Waals surface area (Å²) in [6, 6.07) is 3.74. The van der Waals surface area contributed by atoms with E-state index in [1.807, 2.05) is 12.1 Å². The zero-order valence-corrected chi connectivity index (χ0v) is 9.67. The molecule has 0 unspecified atom stereocenters. The maximum atomic E-state index is 11.0. The fourth-order valence-electron chi connectivity index (χ4n) is 0.980. The number of thiophene rings is 1. The molecule has 2 nitrogen and oxygen atoms in total. The number of aromatic nitrogens is 1. The number of rotatable bonds is 2. The van der Waals surface area contributed by atoms with Gasteiger partial charge in [0.15, 0.2) is 5.78 Å². The van der Waals surface area contributed by atoms with Crippen LogP contribution in [0.2, 0.25) is 4.34 Å². The summed E-state index contributed by atoms with van der Waals surface area (Å²) in [4.78, 5) is 16.9. The van der Waals surface area contributed by atoms with Gasteiger partial charge in [0.25, 0.3) is 0 Å². The quantitative estimate of drug-likeness (QED) is 0.753. The highest BCUT2D eigenvalue weighted by molar-refractivity contribution is 7.24. The first kappa shape index (κ1) is 9.83. The molecule has 0 N–H and O–H groups in total. The number of halogens is 1. The first-order valence-corrected chi connectivity index (χ1v) is 5.90. The van der Waals surface area contributed by atoms with E-state index in [4.69, 9.17) is 11.6 Å². The van der Waals surface area contributed by atoms with Crippen LogP contribution in [0.3, 0.4) is 0 Å². The lowest BCUT2D eigenvalue weighted by atomic mass is 10.4. The molecule has 0 aliphatic carbocycles. The zero-order valence-electron chi connectivity index (χ0n) is 7.28. The molecule has 0 aromatic carbocycles. The van der Waals surface area contributed by atoms with Gasteiger partial charge < -0.3 is 0 Å². The van der Waals surface area contributed by atoms with Crippen LogP contribution in [0, 0.1) is 0 Å². The minimum Gasteiger partial charge on any atom is -0.294 e. The first-order chi connectivity index (χ1) is 6.66. The highest BCUT2D eigenvalue weighted by atomic mass is 35.5. The van der Waals surface area contributed by atoms with E-state index >= 15 is 0 Å². The van der Waals surface area contributed by atoms with Crippen molar-refractivity contribution in [2.75, 3.05) is 0 Å². The molecule has 0 saturated carbocycles. The van der Waals surface area contributed by atoms with Gasteiger partial charge in [0.05, 0.1) is 14.1 Å². The van der Waals surface area contributed by atoms with Crippen LogP contribution in [-0.2, 0) is 0 Å². The smallest absolute Gasteiger partial charge is 0.171 e. The molecule has 0 saturated heterocycles. The fraction of sp³-hybridized carbons (Fsp3) is 0.111. The normalized spacial score (nSPS) is 10.4. The number of Topliss-reactive ketones (excluding diaryl/α,β-unsaturated/α-hetero) is 1. The van der Waals surface area contributed by atoms with Crippen LogP contribution in [-0.4, -0.2) is 10.8 Å². The minimum atomic E-state index is 0.0522. The number of carbonyl (C=O) groups excluding carboxylic acids is 1. The van der Waals surface area contributed by atoms with Crippen LogP contribution in [0.5, 0.6) is 0 Å². The molecule has 14 heavy (non-hydrogen) atoms. The third kappa shape index (κ3) is 1.87. The molecule has 72 valence electrons. The van der Waals surface area contributed by atoms with Crippen molar-refractivity contribution in [3.8, 4) is 9.88 Å². The summed E-state index contributed by atoms with van der Waals surface area (Å²) < 4.78 is 0.736. The van der Waals surface area contributed by atoms with Gasteiger partial charge in [-0.1, -0.05) is 11.6 Å². The number of thiazole rings is 1. The van der Waals surface area contributed by atoms with Crippen LogP contribution < -0.4 is 0 Å². The SMILES string of the molecule is CC(=O)c1cnc(-c2ccc(Cl)s2)s1. The van der Waals surface area contributed by atoms with Gasteiger partial charge >= 0.3 is 0 Å². The number of hydrogen-bond donors (Lipinski definition) is 0. The molecule has 2 aromatic rings. The van der Waals surface area contributed by atoms with E-state index in [-0.39, 0.29) is 5.78 Å². The summed E-state index contributed by atoms with van der Waals surface area (Å²) in [5.74, 6) is 0.0522. The number of hydrogen-bond acceptors (Lipinski definition) is 4. The molecular formula is C9H6ClNOS2. The Bertz CT molecular complexity index is 475. The molecule has 0 spiro atoms. The largest absolute Gasteiger partial charge is 0.294 e. The van der Waals surface area contributed by atoms with Gasteiger partial charge in [-0.15, -0.1) is 22.7 Å². The Morgan fingerprint density at radius 1 is 1.43 bits per heavy atom. The fourth-order valence-corrected chi connectivity index (χ4v) is 2.90. The van der Waals surface area contributed by atoms with E-state index in [1.54, 1.807) is 13.1 Å². The Morgan fingerprint density at radius 2 is 2.21 bits per heavy atom. The Kier molecular flexibility index (Phi) is 2.67. The van der Waals surface area contributed by atoms with E-state index in [2.05, 4.69) is 4.98 Å². The number of ketones is 1. The second-order valence-corrected chi connectivity index (χ2v) is 5.44. The third-order valence-electron chi connectivity index (χ3n) is 1.64. The molecule has 5 heteroatoms. The van der Waals surface area contributed by atoms with Gasteiger partial charge in [0, 0.05) is 13.1 Å². The van der Waals surface area contributed by atoms with Crippen LogP contribution >= 0.6 is 34.3 Å². The summed E-state index contributed by atoms with van der Waals surface area (Å²) in [7, 11) is 0. The Morgan fingerprint density at radius 3 is 2.71 bits per heavy atom. The lowest BCUT2D eigenvalue weighted by Crippen LogP contribution is -1.83. The second-order valence-electron chi connectivity index (χ2n) is 2.69. The summed E-state index contributed by atoms with van der Waals surface area (Å²) in [5.41, 5.74) is 0. The topological polar surface area (TPSA) is 30.0 Å². The van der Waals surface area contributed by atoms with Gasteiger partial charge in [0.2, 0.25) is 0 Å². The lowest BCUT2D eigenvalue weighted by molar-refractivity contribution is 0.102. The molecule has 0 fully saturated rings. The van der Waals surface area contributed by atoms with Crippen molar-refractivity contribution in [3.63, 3.8) is 0 Å². The van der Waals surface area contributed by atoms with Crippen molar-refractivity contribution in [3.05, 3.63) is 27.5 Å². The number of carbonyl (C=O) groups is 1. The Labute approximate surface area is 94.2 Å². The molecule has 2 heterocycles. The van der Waals surface area contributed by atoms with E-state index < -0.39 is 0 Å². The van der Waals surface area contributed by atoms with Crippen molar-refractivity contribution in [1.82, 2.24) is 4.98 Å². The van der Waals surface area contributed by atoms with Crippen molar-refractivity contribution in [2.45, 2.75) is 6.92 Å². The van der Waals surface area contributed by atoms with Crippen molar-refractivity contribution in [2.24, 2.45) is 0 Å². The average molecular weight is 244 g/mol. The standard InChI is InChI=1S/C9H6ClNOS2/c1-5(12)7-4-11-9(14-7)6-2-3-8(10)13-6/h2-4H,1H3. The third-order valence-corrected chi connectivity index (χ3v) is 4.14. The maximum Gasteiger partial charge on any atom is 0.171 e. The molecule has 0 radical (unpaired) electrons. The lowest BCUT2D eigenvalue weighted by Gasteiger charge is -1.85. The molecule has 0 aliphatic heterocycles. The molecule has 2 aromatic heterocycles. The van der Waals surface area contributed by atoms with E-state index in [0.29, 0.717) is 4.88 Å². The van der Waals surface area contributed by atoms with E-state index in [1.165, 1.54) is 22.7 Å². The van der Waals surface area contributed by atoms with Gasteiger partial charge in [-0.25, -0.2) is 4.98 Å². The van der Waals surface area contributed by atoms with Gasteiger partial charge in [-0.3, -0.25) is 4.79 Å². The Balaban J connectivity index is 2.38. The zero-order chi connectivity index (χ0) is 10.1. The Hall–Kier alpha value is -0.710. The predicted molar refractivity (Wildman–Crippen MR) is 60.4 cm³/mol. The molecule has 0 aliphatic rings. The maximum absolute atomic E-state index is 11.0. The number of nitrogens with zero attached hydrogens (tertiary/aromatic N) is 1. The summed E-state index contributed by atoms with van der Waals surface area (Å²) in [6.45, 7) is 1.54. The van der Waals surface area contributed by atoms with Crippen molar-refractivity contribution in [1.29, 1.82) is 0 Å². The molecular weight excluding hydrogens is 238 g/mol. The minimum absolute atomic E-state index is 0.0522. The highest BCUT2D eigenvalue weighted by Gasteiger charge is 2.09. The van der Waals surface area contributed by atoms with Gasteiger partial charge in [-0.05, 0) is 12.1 Å². The predicted octanol–water partition coefficient (Wildman–Crippen LogP) is 3.73. The monoisotopic (exact) mass is 243 g/mol. The van der Waals surface area contributed by atoms with E-state index in [9.17, 15) is 4.79 Å². The molecule has 0 amide bonds. The van der Waals surface area contributed by atoms with Crippen LogP contribution in [0.25, 0.3) is 9.88 Å². The first-order valence-electron chi connectivity index (χ1n) is 3.89. The van der Waals surface area contributed by atoms with Crippen molar-refractivity contribution < 1.29 is 4.79 Å². The highest BCUT2D eigenvalue weighted by Crippen LogP contribution is 2.33. The van der Waals surface area contributed by atoms with E-state index in [0.717, 1.165) is 14.2 Å².